The highest BCUT2D eigenvalue weighted by molar-refractivity contribution is 14.0. The Hall–Kier alpha value is -1.35. The van der Waals surface area contributed by atoms with Crippen molar-refractivity contribution in [2.45, 2.75) is 46.6 Å². The third-order valence-electron chi connectivity index (χ3n) is 4.18. The first kappa shape index (κ1) is 23.7. The number of aryl methyl sites for hydroxylation is 2. The number of halogens is 1. The van der Waals surface area contributed by atoms with Gasteiger partial charge in [0.1, 0.15) is 5.82 Å². The van der Waals surface area contributed by atoms with E-state index in [9.17, 15) is 0 Å². The number of imidazole rings is 1. The normalized spacial score (nSPS) is 11.4. The minimum absolute atomic E-state index is 0. The third kappa shape index (κ3) is 8.04. The molecular formula is C20H34IN5O. The molecule has 6 nitrogen and oxygen atoms in total. The maximum Gasteiger partial charge on any atom is 0.191 e. The first-order valence-corrected chi connectivity index (χ1v) is 9.78. The molecule has 0 amide bonds. The zero-order valence-corrected chi connectivity index (χ0v) is 19.2. The Morgan fingerprint density at radius 2 is 1.96 bits per heavy atom. The molecule has 2 aromatic rings. The SMILES string of the molecule is CCCCOCCNC(=NCCCn1c(C)nc2ccccc21)NCC.I. The van der Waals surface area contributed by atoms with Crippen molar-refractivity contribution in [2.24, 2.45) is 4.99 Å². The lowest BCUT2D eigenvalue weighted by atomic mass is 10.3. The molecular weight excluding hydrogens is 453 g/mol. The molecule has 0 aliphatic carbocycles. The van der Waals surface area contributed by atoms with Gasteiger partial charge in [-0.05, 0) is 38.8 Å². The van der Waals surface area contributed by atoms with Crippen LogP contribution in [0.25, 0.3) is 11.0 Å². The molecule has 0 spiro atoms. The second kappa shape index (κ2) is 13.8. The monoisotopic (exact) mass is 487 g/mol. The topological polar surface area (TPSA) is 63.5 Å². The molecule has 0 unspecified atom stereocenters. The van der Waals surface area contributed by atoms with Crippen molar-refractivity contribution < 1.29 is 4.74 Å². The smallest absolute Gasteiger partial charge is 0.191 e. The quantitative estimate of drug-likeness (QED) is 0.220. The summed E-state index contributed by atoms with van der Waals surface area (Å²) in [4.78, 5) is 9.28. The summed E-state index contributed by atoms with van der Waals surface area (Å²) in [6, 6.07) is 8.28. The number of benzene rings is 1. The maximum atomic E-state index is 5.58. The zero-order chi connectivity index (χ0) is 18.6. The van der Waals surface area contributed by atoms with Crippen LogP contribution >= 0.6 is 24.0 Å². The van der Waals surface area contributed by atoms with Crippen LogP contribution in [0.4, 0.5) is 0 Å². The van der Waals surface area contributed by atoms with E-state index in [0.717, 1.165) is 62.9 Å². The maximum absolute atomic E-state index is 5.58. The molecule has 0 bridgehead atoms. The van der Waals surface area contributed by atoms with Gasteiger partial charge in [0, 0.05) is 32.8 Å². The molecule has 1 aromatic heterocycles. The number of guanidine groups is 1. The number of unbranched alkanes of at least 4 members (excludes halogenated alkanes) is 1. The van der Waals surface area contributed by atoms with Gasteiger partial charge in [-0.15, -0.1) is 24.0 Å². The number of para-hydroxylation sites is 2. The van der Waals surface area contributed by atoms with Gasteiger partial charge in [-0.3, -0.25) is 4.99 Å². The summed E-state index contributed by atoms with van der Waals surface area (Å²) in [5, 5.41) is 6.61. The lowest BCUT2D eigenvalue weighted by molar-refractivity contribution is 0.136. The molecule has 2 rings (SSSR count). The van der Waals surface area contributed by atoms with Crippen molar-refractivity contribution >= 4 is 41.0 Å². The standard InChI is InChI=1S/C20H33N5O.HI/c1-4-6-15-26-16-13-23-20(21-5-2)22-12-9-14-25-17(3)24-18-10-7-8-11-19(18)25;/h7-8,10-11H,4-6,9,12-16H2,1-3H3,(H2,21,22,23);1H. The molecule has 2 N–H and O–H groups in total. The molecule has 1 aromatic carbocycles. The molecule has 27 heavy (non-hydrogen) atoms. The van der Waals surface area contributed by atoms with E-state index in [1.54, 1.807) is 0 Å². The zero-order valence-electron chi connectivity index (χ0n) is 16.8. The van der Waals surface area contributed by atoms with Crippen molar-refractivity contribution in [2.75, 3.05) is 32.8 Å². The predicted molar refractivity (Wildman–Crippen MR) is 124 cm³/mol. The molecule has 0 saturated carbocycles. The Labute approximate surface area is 180 Å². The number of nitrogens with one attached hydrogen (secondary N) is 2. The van der Waals surface area contributed by atoms with Crippen LogP contribution in [0.5, 0.6) is 0 Å². The van der Waals surface area contributed by atoms with Crippen molar-refractivity contribution in [1.82, 2.24) is 20.2 Å². The summed E-state index contributed by atoms with van der Waals surface area (Å²) in [5.74, 6) is 1.92. The van der Waals surface area contributed by atoms with Gasteiger partial charge in [0.2, 0.25) is 0 Å². The second-order valence-electron chi connectivity index (χ2n) is 6.31. The predicted octanol–water partition coefficient (Wildman–Crippen LogP) is 3.72. The average Bonchev–Trinajstić information content (AvgIpc) is 2.96. The molecule has 0 fully saturated rings. The highest BCUT2D eigenvalue weighted by Gasteiger charge is 2.05. The lowest BCUT2D eigenvalue weighted by Crippen LogP contribution is -2.39. The fraction of sp³-hybridized carbons (Fsp3) is 0.600. The van der Waals surface area contributed by atoms with Gasteiger partial charge in [0.05, 0.1) is 17.6 Å². The van der Waals surface area contributed by atoms with E-state index < -0.39 is 0 Å². The molecule has 7 heteroatoms. The Morgan fingerprint density at radius 1 is 1.15 bits per heavy atom. The fourth-order valence-electron chi connectivity index (χ4n) is 2.83. The van der Waals surface area contributed by atoms with Crippen LogP contribution < -0.4 is 10.6 Å². The fourth-order valence-corrected chi connectivity index (χ4v) is 2.83. The van der Waals surface area contributed by atoms with Gasteiger partial charge in [-0.25, -0.2) is 4.98 Å². The number of aromatic nitrogens is 2. The Bertz CT molecular complexity index is 686. The van der Waals surface area contributed by atoms with Crippen LogP contribution in [-0.2, 0) is 11.3 Å². The molecule has 0 radical (unpaired) electrons. The van der Waals surface area contributed by atoms with Crippen LogP contribution in [0.3, 0.4) is 0 Å². The summed E-state index contributed by atoms with van der Waals surface area (Å²) >= 11 is 0. The Morgan fingerprint density at radius 3 is 2.74 bits per heavy atom. The van der Waals surface area contributed by atoms with Gasteiger partial charge in [-0.1, -0.05) is 25.5 Å². The number of rotatable bonds is 11. The van der Waals surface area contributed by atoms with Crippen LogP contribution in [0, 0.1) is 6.92 Å². The number of nitrogens with zero attached hydrogens (tertiary/aromatic N) is 3. The van der Waals surface area contributed by atoms with Gasteiger partial charge >= 0.3 is 0 Å². The van der Waals surface area contributed by atoms with Gasteiger partial charge in [-0.2, -0.15) is 0 Å². The molecule has 0 atom stereocenters. The second-order valence-corrected chi connectivity index (χ2v) is 6.31. The van der Waals surface area contributed by atoms with E-state index in [2.05, 4.69) is 64.1 Å². The third-order valence-corrected chi connectivity index (χ3v) is 4.18. The number of hydrogen-bond acceptors (Lipinski definition) is 3. The molecule has 0 saturated heterocycles. The van der Waals surface area contributed by atoms with Gasteiger partial charge < -0.3 is 19.9 Å². The summed E-state index contributed by atoms with van der Waals surface area (Å²) < 4.78 is 7.85. The first-order chi connectivity index (χ1) is 12.8. The summed E-state index contributed by atoms with van der Waals surface area (Å²) in [5.41, 5.74) is 2.26. The van der Waals surface area contributed by atoms with E-state index in [-0.39, 0.29) is 24.0 Å². The van der Waals surface area contributed by atoms with Gasteiger partial charge in [0.25, 0.3) is 0 Å². The number of fused-ring (bicyclic) bond motifs is 1. The van der Waals surface area contributed by atoms with E-state index in [1.165, 1.54) is 11.9 Å². The molecule has 0 aliphatic rings. The van der Waals surface area contributed by atoms with E-state index in [0.29, 0.717) is 6.61 Å². The van der Waals surface area contributed by atoms with Gasteiger partial charge in [0.15, 0.2) is 5.96 Å². The van der Waals surface area contributed by atoms with Crippen LogP contribution in [-0.4, -0.2) is 48.4 Å². The minimum atomic E-state index is 0. The Balaban J connectivity index is 0.00000364. The van der Waals surface area contributed by atoms with Crippen molar-refractivity contribution in [3.63, 3.8) is 0 Å². The number of aliphatic imine (C=N–C) groups is 1. The van der Waals surface area contributed by atoms with Crippen molar-refractivity contribution in [3.05, 3.63) is 30.1 Å². The summed E-state index contributed by atoms with van der Waals surface area (Å²) in [6.07, 6.45) is 3.27. The molecule has 1 heterocycles. The number of ether oxygens (including phenoxy) is 1. The van der Waals surface area contributed by atoms with Crippen molar-refractivity contribution in [1.29, 1.82) is 0 Å². The van der Waals surface area contributed by atoms with E-state index in [4.69, 9.17) is 4.74 Å². The largest absolute Gasteiger partial charge is 0.380 e. The highest BCUT2D eigenvalue weighted by atomic mass is 127. The summed E-state index contributed by atoms with van der Waals surface area (Å²) in [7, 11) is 0. The van der Waals surface area contributed by atoms with E-state index >= 15 is 0 Å². The summed E-state index contributed by atoms with van der Waals surface area (Å²) in [6.45, 7) is 11.2. The molecule has 0 aliphatic heterocycles. The molecule has 152 valence electrons. The van der Waals surface area contributed by atoms with Crippen LogP contribution in [0.1, 0.15) is 38.9 Å². The lowest BCUT2D eigenvalue weighted by Gasteiger charge is -2.12. The number of hydrogen-bond donors (Lipinski definition) is 2. The average molecular weight is 487 g/mol. The Kier molecular flexibility index (Phi) is 12.1. The van der Waals surface area contributed by atoms with E-state index in [1.807, 2.05) is 6.07 Å². The minimum Gasteiger partial charge on any atom is -0.380 e. The van der Waals surface area contributed by atoms with Crippen LogP contribution in [0.2, 0.25) is 0 Å². The first-order valence-electron chi connectivity index (χ1n) is 9.78. The van der Waals surface area contributed by atoms with Crippen LogP contribution in [0.15, 0.2) is 29.3 Å². The van der Waals surface area contributed by atoms with Crippen molar-refractivity contribution in [3.8, 4) is 0 Å². The highest BCUT2D eigenvalue weighted by Crippen LogP contribution is 2.15.